The van der Waals surface area contributed by atoms with E-state index in [0.717, 1.165) is 0 Å². The zero-order chi connectivity index (χ0) is 15.9. The molecule has 0 radical (unpaired) electrons. The molecule has 2 rings (SSSR count). The molecule has 108 valence electrons. The number of rotatable bonds is 5. The van der Waals surface area contributed by atoms with Crippen LogP contribution in [-0.2, 0) is 0 Å². The van der Waals surface area contributed by atoms with Gasteiger partial charge in [0.15, 0.2) is 5.78 Å². The van der Waals surface area contributed by atoms with Gasteiger partial charge in [0.2, 0.25) is 0 Å². The van der Waals surface area contributed by atoms with Crippen LogP contribution in [0.3, 0.4) is 0 Å². The van der Waals surface area contributed by atoms with Crippen LogP contribution in [0.5, 0.6) is 0 Å². The van der Waals surface area contributed by atoms with E-state index in [1.54, 1.807) is 36.4 Å². The first-order chi connectivity index (χ1) is 10.6. The lowest BCUT2D eigenvalue weighted by molar-refractivity contribution is 0.0697. The predicted octanol–water partition coefficient (Wildman–Crippen LogP) is 4.22. The van der Waals surface area contributed by atoms with Gasteiger partial charge in [0.1, 0.15) is 0 Å². The highest BCUT2D eigenvalue weighted by Crippen LogP contribution is 2.24. The lowest BCUT2D eigenvalue weighted by atomic mass is 10.0. The lowest BCUT2D eigenvalue weighted by Gasteiger charge is -2.04. The molecule has 1 N–H and O–H groups in total. The van der Waals surface area contributed by atoms with E-state index in [2.05, 4.69) is 10.0 Å². The highest BCUT2D eigenvalue weighted by Gasteiger charge is 2.13. The van der Waals surface area contributed by atoms with Crippen LogP contribution in [0.15, 0.2) is 59.7 Å². The standard InChI is InChI=1S/C16H11N3O3/c17-19-18-13-8-4-7-12(15(13)16(21)22)9-10-14(20)11-5-2-1-3-6-11/h1-10H,(H,21,22)/b10-9+. The van der Waals surface area contributed by atoms with Gasteiger partial charge in [-0.3, -0.25) is 4.79 Å². The Labute approximate surface area is 126 Å². The molecule has 0 aromatic heterocycles. The fourth-order valence-corrected chi connectivity index (χ4v) is 1.93. The van der Waals surface area contributed by atoms with Gasteiger partial charge < -0.3 is 5.11 Å². The predicted molar refractivity (Wildman–Crippen MR) is 82.0 cm³/mol. The van der Waals surface area contributed by atoms with Crippen molar-refractivity contribution in [3.8, 4) is 0 Å². The molecule has 0 unspecified atom stereocenters. The topological polar surface area (TPSA) is 103 Å². The molecule has 0 heterocycles. The molecular weight excluding hydrogens is 282 g/mol. The normalized spacial score (nSPS) is 10.2. The summed E-state index contributed by atoms with van der Waals surface area (Å²) in [6.07, 6.45) is 2.69. The summed E-state index contributed by atoms with van der Waals surface area (Å²) >= 11 is 0. The van der Waals surface area contributed by atoms with Crippen molar-refractivity contribution in [1.29, 1.82) is 0 Å². The average Bonchev–Trinajstić information content (AvgIpc) is 2.53. The molecule has 0 aliphatic rings. The first-order valence-corrected chi connectivity index (χ1v) is 6.32. The fourth-order valence-electron chi connectivity index (χ4n) is 1.93. The second kappa shape index (κ2) is 6.88. The van der Waals surface area contributed by atoms with Crippen molar-refractivity contribution < 1.29 is 14.7 Å². The Kier molecular flexibility index (Phi) is 4.70. The van der Waals surface area contributed by atoms with Crippen LogP contribution in [0.2, 0.25) is 0 Å². The van der Waals surface area contributed by atoms with Gasteiger partial charge in [0.25, 0.3) is 0 Å². The van der Waals surface area contributed by atoms with Crippen molar-refractivity contribution in [1.82, 2.24) is 0 Å². The average molecular weight is 293 g/mol. The number of carboxylic acid groups (broad SMARTS) is 1. The number of hydrogen-bond donors (Lipinski definition) is 1. The monoisotopic (exact) mass is 293 g/mol. The van der Waals surface area contributed by atoms with Gasteiger partial charge in [0.05, 0.1) is 11.3 Å². The number of nitrogens with zero attached hydrogens (tertiary/aromatic N) is 3. The zero-order valence-electron chi connectivity index (χ0n) is 11.4. The number of benzene rings is 2. The van der Waals surface area contributed by atoms with E-state index in [4.69, 9.17) is 5.53 Å². The molecule has 22 heavy (non-hydrogen) atoms. The van der Waals surface area contributed by atoms with Gasteiger partial charge in [-0.05, 0) is 17.2 Å². The Hall–Kier alpha value is -3.37. The number of hydrogen-bond acceptors (Lipinski definition) is 3. The Morgan fingerprint density at radius 1 is 1.09 bits per heavy atom. The maximum absolute atomic E-state index is 12.0. The number of ketones is 1. The van der Waals surface area contributed by atoms with E-state index in [1.807, 2.05) is 0 Å². The molecule has 2 aromatic rings. The zero-order valence-corrected chi connectivity index (χ0v) is 11.4. The number of carbonyl (C=O) groups is 2. The molecule has 6 nitrogen and oxygen atoms in total. The van der Waals surface area contributed by atoms with E-state index in [0.29, 0.717) is 11.1 Å². The van der Waals surface area contributed by atoms with E-state index in [9.17, 15) is 14.7 Å². The number of carbonyl (C=O) groups excluding carboxylic acids is 1. The Morgan fingerprint density at radius 2 is 1.82 bits per heavy atom. The Bertz CT molecular complexity index is 792. The fraction of sp³-hybridized carbons (Fsp3) is 0. The van der Waals surface area contributed by atoms with Crippen LogP contribution in [0.25, 0.3) is 16.5 Å². The third-order valence-corrected chi connectivity index (χ3v) is 2.91. The summed E-state index contributed by atoms with van der Waals surface area (Å²) in [5.41, 5.74) is 9.13. The van der Waals surface area contributed by atoms with Gasteiger partial charge in [0, 0.05) is 10.5 Å². The van der Waals surface area contributed by atoms with Crippen molar-refractivity contribution >= 4 is 23.5 Å². The molecule has 6 heteroatoms. The molecule has 0 spiro atoms. The summed E-state index contributed by atoms with van der Waals surface area (Å²) in [7, 11) is 0. The number of aromatic carboxylic acids is 1. The van der Waals surface area contributed by atoms with E-state index >= 15 is 0 Å². The number of azide groups is 1. The maximum atomic E-state index is 12.0. The van der Waals surface area contributed by atoms with Crippen LogP contribution < -0.4 is 0 Å². The summed E-state index contributed by atoms with van der Waals surface area (Å²) in [6, 6.07) is 13.1. The van der Waals surface area contributed by atoms with Crippen LogP contribution >= 0.6 is 0 Å². The Balaban J connectivity index is 2.39. The highest BCUT2D eigenvalue weighted by atomic mass is 16.4. The molecule has 2 aromatic carbocycles. The first kappa shape index (κ1) is 15.0. The van der Waals surface area contributed by atoms with Crippen molar-refractivity contribution in [2.45, 2.75) is 0 Å². The molecule has 0 atom stereocenters. The molecule has 0 aliphatic carbocycles. The molecular formula is C16H11N3O3. The van der Waals surface area contributed by atoms with E-state index in [1.165, 1.54) is 24.3 Å². The van der Waals surface area contributed by atoms with Crippen molar-refractivity contribution in [3.63, 3.8) is 0 Å². The molecule has 0 fully saturated rings. The first-order valence-electron chi connectivity index (χ1n) is 6.32. The molecule has 0 bridgehead atoms. The third kappa shape index (κ3) is 3.39. The number of carboxylic acids is 1. The summed E-state index contributed by atoms with van der Waals surface area (Å²) in [4.78, 5) is 25.9. The molecule has 0 saturated heterocycles. The minimum absolute atomic E-state index is 0.00399. The van der Waals surface area contributed by atoms with Crippen molar-refractivity contribution in [3.05, 3.63) is 81.7 Å². The molecule has 0 aliphatic heterocycles. The summed E-state index contributed by atoms with van der Waals surface area (Å²) in [6.45, 7) is 0. The van der Waals surface area contributed by atoms with Crippen molar-refractivity contribution in [2.24, 2.45) is 5.11 Å². The van der Waals surface area contributed by atoms with Gasteiger partial charge in [-0.15, -0.1) is 0 Å². The molecule has 0 amide bonds. The second-order valence-electron chi connectivity index (χ2n) is 4.30. The maximum Gasteiger partial charge on any atom is 0.336 e. The SMILES string of the molecule is [N-]=[N+]=Nc1cccc(/C=C/C(=O)c2ccccc2)c1C(=O)O. The Morgan fingerprint density at radius 3 is 2.45 bits per heavy atom. The van der Waals surface area contributed by atoms with Crippen molar-refractivity contribution in [2.75, 3.05) is 0 Å². The minimum atomic E-state index is -1.23. The molecule has 0 saturated carbocycles. The van der Waals surface area contributed by atoms with Crippen LogP contribution in [-0.4, -0.2) is 16.9 Å². The minimum Gasteiger partial charge on any atom is -0.478 e. The van der Waals surface area contributed by atoms with Gasteiger partial charge in [-0.1, -0.05) is 59.7 Å². The van der Waals surface area contributed by atoms with Crippen LogP contribution in [0, 0.1) is 0 Å². The summed E-state index contributed by atoms with van der Waals surface area (Å²) < 4.78 is 0. The summed E-state index contributed by atoms with van der Waals surface area (Å²) in [5, 5.41) is 12.6. The quantitative estimate of drug-likeness (QED) is 0.293. The second-order valence-corrected chi connectivity index (χ2v) is 4.30. The highest BCUT2D eigenvalue weighted by molar-refractivity contribution is 6.08. The van der Waals surface area contributed by atoms with Gasteiger partial charge in [-0.2, -0.15) is 0 Å². The lowest BCUT2D eigenvalue weighted by Crippen LogP contribution is -2.00. The van der Waals surface area contributed by atoms with E-state index < -0.39 is 5.97 Å². The third-order valence-electron chi connectivity index (χ3n) is 2.91. The van der Waals surface area contributed by atoms with Crippen LogP contribution in [0.4, 0.5) is 5.69 Å². The van der Waals surface area contributed by atoms with Crippen LogP contribution in [0.1, 0.15) is 26.3 Å². The van der Waals surface area contributed by atoms with Gasteiger partial charge in [-0.25, -0.2) is 4.79 Å². The smallest absolute Gasteiger partial charge is 0.336 e. The largest absolute Gasteiger partial charge is 0.478 e. The summed E-state index contributed by atoms with van der Waals surface area (Å²) in [5.74, 6) is -1.47. The van der Waals surface area contributed by atoms with E-state index in [-0.39, 0.29) is 17.0 Å². The van der Waals surface area contributed by atoms with Gasteiger partial charge >= 0.3 is 5.97 Å². The number of allylic oxidation sites excluding steroid dienone is 1.